The average molecular weight is 235 g/mol. The van der Waals surface area contributed by atoms with Crippen LogP contribution in [0.4, 0.5) is 0 Å². The van der Waals surface area contributed by atoms with Crippen LogP contribution in [0.1, 0.15) is 42.0 Å². The molecule has 3 rings (SSSR count). The molecule has 0 radical (unpaired) electrons. The largest absolute Gasteiger partial charge is 0.293 e. The Kier molecular flexibility index (Phi) is 2.04. The summed E-state index contributed by atoms with van der Waals surface area (Å²) in [5, 5.41) is 0.491. The summed E-state index contributed by atoms with van der Waals surface area (Å²) >= 11 is 6.08. The number of fused-ring (bicyclic) bond motifs is 1. The number of ketones is 1. The van der Waals surface area contributed by atoms with Crippen LogP contribution in [0.2, 0.25) is 5.15 Å². The van der Waals surface area contributed by atoms with E-state index in [1.54, 1.807) is 6.92 Å². The van der Waals surface area contributed by atoms with Crippen LogP contribution in [0, 0.1) is 0 Å². The van der Waals surface area contributed by atoms with E-state index in [0.717, 1.165) is 24.2 Å². The molecular formula is C12H11ClN2O. The second-order valence-corrected chi connectivity index (χ2v) is 4.58. The fourth-order valence-corrected chi connectivity index (χ4v) is 2.25. The Morgan fingerprint density at radius 2 is 2.25 bits per heavy atom. The number of aromatic nitrogens is 2. The van der Waals surface area contributed by atoms with Gasteiger partial charge in [0.05, 0.1) is 11.2 Å². The summed E-state index contributed by atoms with van der Waals surface area (Å²) in [6.07, 6.45) is 2.28. The van der Waals surface area contributed by atoms with Crippen LogP contribution < -0.4 is 0 Å². The third kappa shape index (κ3) is 1.35. The molecule has 2 aromatic rings. The van der Waals surface area contributed by atoms with Crippen LogP contribution >= 0.6 is 11.6 Å². The molecule has 0 unspecified atom stereocenters. The SMILES string of the molecule is CC(=O)c1cccc2c(Cl)nc(C3CC3)n12. The number of carbonyl (C=O) groups excluding carboxylic acids is 1. The molecule has 0 spiro atoms. The highest BCUT2D eigenvalue weighted by atomic mass is 35.5. The summed E-state index contributed by atoms with van der Waals surface area (Å²) in [6.45, 7) is 1.57. The van der Waals surface area contributed by atoms with Gasteiger partial charge in [0, 0.05) is 12.8 Å². The highest BCUT2D eigenvalue weighted by Gasteiger charge is 2.30. The second kappa shape index (κ2) is 3.32. The number of hydrogen-bond acceptors (Lipinski definition) is 2. The van der Waals surface area contributed by atoms with E-state index in [4.69, 9.17) is 11.6 Å². The van der Waals surface area contributed by atoms with Gasteiger partial charge in [-0.3, -0.25) is 9.20 Å². The third-order valence-electron chi connectivity index (χ3n) is 2.95. The van der Waals surface area contributed by atoms with Crippen LogP contribution in [0.25, 0.3) is 5.52 Å². The van der Waals surface area contributed by atoms with Crippen molar-refractivity contribution >= 4 is 22.9 Å². The van der Waals surface area contributed by atoms with Gasteiger partial charge in [-0.1, -0.05) is 17.7 Å². The van der Waals surface area contributed by atoms with Crippen molar-refractivity contribution in [1.82, 2.24) is 9.38 Å². The lowest BCUT2D eigenvalue weighted by molar-refractivity contribution is 0.101. The molecule has 0 aliphatic heterocycles. The molecule has 0 bridgehead atoms. The molecule has 2 heterocycles. The maximum absolute atomic E-state index is 11.6. The lowest BCUT2D eigenvalue weighted by Gasteiger charge is -2.04. The first kappa shape index (κ1) is 9.85. The van der Waals surface area contributed by atoms with Crippen LogP contribution in [0.5, 0.6) is 0 Å². The van der Waals surface area contributed by atoms with Crippen molar-refractivity contribution in [3.05, 3.63) is 34.9 Å². The van der Waals surface area contributed by atoms with Crippen molar-refractivity contribution < 1.29 is 4.79 Å². The van der Waals surface area contributed by atoms with E-state index in [1.807, 2.05) is 22.6 Å². The normalized spacial score (nSPS) is 15.6. The number of pyridine rings is 1. The van der Waals surface area contributed by atoms with Gasteiger partial charge in [0.25, 0.3) is 0 Å². The van der Waals surface area contributed by atoms with E-state index in [0.29, 0.717) is 16.8 Å². The summed E-state index contributed by atoms with van der Waals surface area (Å²) in [4.78, 5) is 15.9. The number of Topliss-reactive ketones (excluding diaryl/α,β-unsaturated/α-hetero) is 1. The molecule has 0 atom stereocenters. The number of nitrogens with zero attached hydrogens (tertiary/aromatic N) is 2. The van der Waals surface area contributed by atoms with E-state index in [2.05, 4.69) is 4.98 Å². The Balaban J connectivity index is 2.38. The summed E-state index contributed by atoms with van der Waals surface area (Å²) < 4.78 is 1.91. The maximum atomic E-state index is 11.6. The van der Waals surface area contributed by atoms with Gasteiger partial charge in [-0.2, -0.15) is 0 Å². The topological polar surface area (TPSA) is 34.4 Å². The minimum absolute atomic E-state index is 0.0431. The highest BCUT2D eigenvalue weighted by Crippen LogP contribution is 2.41. The zero-order valence-corrected chi connectivity index (χ0v) is 9.66. The van der Waals surface area contributed by atoms with Crippen molar-refractivity contribution in [2.75, 3.05) is 0 Å². The minimum atomic E-state index is 0.0431. The molecule has 82 valence electrons. The smallest absolute Gasteiger partial charge is 0.176 e. The summed E-state index contributed by atoms with van der Waals surface area (Å²) in [5.41, 5.74) is 1.50. The molecule has 16 heavy (non-hydrogen) atoms. The van der Waals surface area contributed by atoms with Gasteiger partial charge in [-0.25, -0.2) is 4.98 Å². The molecule has 4 heteroatoms. The molecule has 1 saturated carbocycles. The second-order valence-electron chi connectivity index (χ2n) is 4.22. The molecule has 0 amide bonds. The van der Waals surface area contributed by atoms with Gasteiger partial charge in [0.1, 0.15) is 5.82 Å². The number of rotatable bonds is 2. The average Bonchev–Trinajstić information content (AvgIpc) is 3.04. The molecule has 1 aliphatic rings. The number of halogens is 1. The zero-order chi connectivity index (χ0) is 11.3. The number of hydrogen-bond donors (Lipinski definition) is 0. The Bertz CT molecular complexity index is 584. The van der Waals surface area contributed by atoms with Gasteiger partial charge in [-0.05, 0) is 25.0 Å². The predicted octanol–water partition coefficient (Wildman–Crippen LogP) is 3.07. The molecule has 0 N–H and O–H groups in total. The van der Waals surface area contributed by atoms with Gasteiger partial charge >= 0.3 is 0 Å². The first-order valence-corrected chi connectivity index (χ1v) is 5.74. The van der Waals surface area contributed by atoms with Crippen molar-refractivity contribution in [3.8, 4) is 0 Å². The standard InChI is InChI=1S/C12H11ClN2O/c1-7(16)9-3-2-4-10-11(13)14-12(15(9)10)8-5-6-8/h2-4,8H,5-6H2,1H3. The van der Waals surface area contributed by atoms with E-state index >= 15 is 0 Å². The molecule has 0 aromatic carbocycles. The Morgan fingerprint density at radius 3 is 2.88 bits per heavy atom. The van der Waals surface area contributed by atoms with Crippen molar-refractivity contribution in [2.45, 2.75) is 25.7 Å². The molecule has 0 saturated heterocycles. The van der Waals surface area contributed by atoms with Gasteiger partial charge in [0.2, 0.25) is 0 Å². The van der Waals surface area contributed by atoms with Gasteiger partial charge in [-0.15, -0.1) is 0 Å². The van der Waals surface area contributed by atoms with E-state index < -0.39 is 0 Å². The zero-order valence-electron chi connectivity index (χ0n) is 8.90. The first-order valence-electron chi connectivity index (χ1n) is 5.36. The molecule has 1 aliphatic carbocycles. The van der Waals surface area contributed by atoms with Crippen molar-refractivity contribution in [3.63, 3.8) is 0 Å². The van der Waals surface area contributed by atoms with Gasteiger partial charge < -0.3 is 0 Å². The summed E-state index contributed by atoms with van der Waals surface area (Å²) in [5.74, 6) is 1.45. The van der Waals surface area contributed by atoms with Crippen molar-refractivity contribution in [1.29, 1.82) is 0 Å². The van der Waals surface area contributed by atoms with E-state index in [-0.39, 0.29) is 5.78 Å². The van der Waals surface area contributed by atoms with Crippen LogP contribution in [0.3, 0.4) is 0 Å². The van der Waals surface area contributed by atoms with Crippen LogP contribution in [-0.4, -0.2) is 15.2 Å². The Morgan fingerprint density at radius 1 is 1.50 bits per heavy atom. The van der Waals surface area contributed by atoms with E-state index in [1.165, 1.54) is 0 Å². The Hall–Kier alpha value is -1.35. The predicted molar refractivity (Wildman–Crippen MR) is 62.2 cm³/mol. The monoisotopic (exact) mass is 234 g/mol. The van der Waals surface area contributed by atoms with E-state index in [9.17, 15) is 4.79 Å². The lowest BCUT2D eigenvalue weighted by Crippen LogP contribution is -2.04. The highest BCUT2D eigenvalue weighted by molar-refractivity contribution is 6.32. The fourth-order valence-electron chi connectivity index (χ4n) is 2.02. The quantitative estimate of drug-likeness (QED) is 0.749. The third-order valence-corrected chi connectivity index (χ3v) is 3.22. The molecule has 2 aromatic heterocycles. The number of imidazole rings is 1. The number of carbonyl (C=O) groups is 1. The van der Waals surface area contributed by atoms with Crippen molar-refractivity contribution in [2.24, 2.45) is 0 Å². The summed E-state index contributed by atoms with van der Waals surface area (Å²) in [6, 6.07) is 5.56. The lowest BCUT2D eigenvalue weighted by atomic mass is 10.2. The van der Waals surface area contributed by atoms with Gasteiger partial charge in [0.15, 0.2) is 10.9 Å². The van der Waals surface area contributed by atoms with Crippen LogP contribution in [0.15, 0.2) is 18.2 Å². The summed E-state index contributed by atoms with van der Waals surface area (Å²) in [7, 11) is 0. The molecule has 1 fully saturated rings. The Labute approximate surface area is 98.1 Å². The molecule has 3 nitrogen and oxygen atoms in total. The molecular weight excluding hydrogens is 224 g/mol. The minimum Gasteiger partial charge on any atom is -0.293 e. The maximum Gasteiger partial charge on any atom is 0.176 e. The first-order chi connectivity index (χ1) is 7.68. The van der Waals surface area contributed by atoms with Crippen LogP contribution in [-0.2, 0) is 0 Å². The fraction of sp³-hybridized carbons (Fsp3) is 0.333.